The van der Waals surface area contributed by atoms with Crippen LogP contribution >= 0.6 is 11.6 Å². The number of ether oxygens (including phenoxy) is 1. The first-order chi connectivity index (χ1) is 27.6. The summed E-state index contributed by atoms with van der Waals surface area (Å²) in [4.78, 5) is 60.5. The third-order valence-corrected chi connectivity index (χ3v) is 12.9. The predicted octanol–water partition coefficient (Wildman–Crippen LogP) is 3.29. The molecular formula is C38H44ClN9O8S2. The van der Waals surface area contributed by atoms with Gasteiger partial charge in [-0.3, -0.25) is 9.59 Å². The van der Waals surface area contributed by atoms with E-state index in [4.69, 9.17) is 16.3 Å². The number of sulfone groups is 2. The number of carbonyl (C=O) groups is 3. The van der Waals surface area contributed by atoms with Gasteiger partial charge in [-0.25, -0.2) is 41.6 Å². The van der Waals surface area contributed by atoms with Gasteiger partial charge in [0.1, 0.15) is 61.2 Å². The van der Waals surface area contributed by atoms with Gasteiger partial charge in [-0.2, -0.15) is 0 Å². The Labute approximate surface area is 339 Å². The number of aryl methyl sites for hydroxylation is 2. The molecule has 4 aromatic heterocycles. The van der Waals surface area contributed by atoms with Crippen LogP contribution in [0.2, 0.25) is 5.15 Å². The van der Waals surface area contributed by atoms with Crippen molar-refractivity contribution in [1.29, 1.82) is 0 Å². The summed E-state index contributed by atoms with van der Waals surface area (Å²) in [5.41, 5.74) is 7.72. The normalized spacial score (nSPS) is 17.4. The Balaban J connectivity index is 0.000000188. The van der Waals surface area contributed by atoms with E-state index in [1.807, 2.05) is 12.1 Å². The molecule has 2 aliphatic carbocycles. The molecule has 1 aliphatic heterocycles. The number of hydrogen-bond donors (Lipinski definition) is 5. The summed E-state index contributed by atoms with van der Waals surface area (Å²) in [5, 5.41) is 11.1. The summed E-state index contributed by atoms with van der Waals surface area (Å²) in [6.07, 6.45) is 10.1. The summed E-state index contributed by atoms with van der Waals surface area (Å²) in [5.74, 6) is -0.0167. The highest BCUT2D eigenvalue weighted by Crippen LogP contribution is 2.36. The van der Waals surface area contributed by atoms with Crippen LogP contribution < -0.4 is 16.0 Å². The van der Waals surface area contributed by atoms with Crippen LogP contribution in [0.3, 0.4) is 0 Å². The molecule has 308 valence electrons. The lowest BCUT2D eigenvalue weighted by atomic mass is 9.86. The highest BCUT2D eigenvalue weighted by Gasteiger charge is 2.30. The summed E-state index contributed by atoms with van der Waals surface area (Å²) in [7, 11) is -6.03. The maximum Gasteiger partial charge on any atom is 0.338 e. The predicted molar refractivity (Wildman–Crippen MR) is 217 cm³/mol. The van der Waals surface area contributed by atoms with Crippen LogP contribution in [0.1, 0.15) is 64.1 Å². The van der Waals surface area contributed by atoms with Gasteiger partial charge < -0.3 is 30.7 Å². The Morgan fingerprint density at radius 1 is 0.810 bits per heavy atom. The number of fused-ring (bicyclic) bond motifs is 7. The van der Waals surface area contributed by atoms with Crippen LogP contribution in [0.15, 0.2) is 30.9 Å². The molecule has 0 radical (unpaired) electrons. The standard InChI is InChI=1S/C23H25N5O5S.C15H19ClN4O3S/c1-34(31,32)8-2-7-24-22(29)13-3-6-18-17(10-13)19-20(25-12-26-21(19)28-18)27-15-4-5-16-14(9-15)11-33-23(16)30;1-24(22,23)6-2-5-17-15(21)9-3-4-11-10(7-9)12-13(16)18-8-19-14(12)20-11/h4-5,9,12-13H,2-3,6-8,10-11H2,1H3,(H,24,29)(H2,25,26,27,28);8-9H,2-7H2,1H3,(H,17,21)(H,18,19,20). The van der Waals surface area contributed by atoms with Crippen LogP contribution in [-0.4, -0.2) is 102 Å². The molecule has 5 N–H and O–H groups in total. The van der Waals surface area contributed by atoms with Crippen LogP contribution in [-0.2, 0) is 66.3 Å². The number of rotatable bonds is 12. The molecule has 3 aliphatic rings. The van der Waals surface area contributed by atoms with E-state index in [0.29, 0.717) is 79.4 Å². The SMILES string of the molecule is CS(=O)(=O)CCCNC(=O)C1CCc2[nH]c3ncnc(Cl)c3c2C1.CS(=O)(=O)CCCNC(=O)C1CCc2[nH]c3ncnc(Nc4ccc5c(c4)COC5=O)c3c2C1. The fourth-order valence-corrected chi connectivity index (χ4v) is 9.30. The highest BCUT2D eigenvalue weighted by atomic mass is 35.5. The van der Waals surface area contributed by atoms with Crippen molar-refractivity contribution in [3.63, 3.8) is 0 Å². The Kier molecular flexibility index (Phi) is 12.0. The average Bonchev–Trinajstić information content (AvgIpc) is 3.87. The molecule has 17 nitrogen and oxygen atoms in total. The van der Waals surface area contributed by atoms with E-state index in [9.17, 15) is 31.2 Å². The number of cyclic esters (lactones) is 1. The molecule has 5 heterocycles. The molecule has 20 heteroatoms. The van der Waals surface area contributed by atoms with E-state index < -0.39 is 19.7 Å². The van der Waals surface area contributed by atoms with E-state index >= 15 is 0 Å². The first-order valence-corrected chi connectivity index (χ1v) is 23.5. The fraction of sp³-hybridized carbons (Fsp3) is 0.447. The molecule has 1 aromatic carbocycles. The van der Waals surface area contributed by atoms with E-state index in [0.717, 1.165) is 57.4 Å². The minimum Gasteiger partial charge on any atom is -0.457 e. The number of anilines is 2. The van der Waals surface area contributed by atoms with E-state index in [-0.39, 0.29) is 47.7 Å². The number of amides is 2. The smallest absolute Gasteiger partial charge is 0.338 e. The van der Waals surface area contributed by atoms with Crippen LogP contribution in [0, 0.1) is 11.8 Å². The molecule has 0 saturated carbocycles. The quantitative estimate of drug-likeness (QED) is 0.0688. The monoisotopic (exact) mass is 853 g/mol. The van der Waals surface area contributed by atoms with Gasteiger partial charge in [-0.1, -0.05) is 11.6 Å². The first-order valence-electron chi connectivity index (χ1n) is 19.0. The number of carbonyl (C=O) groups excluding carboxylic acids is 3. The zero-order valence-electron chi connectivity index (χ0n) is 32.0. The minimum atomic E-state index is -3.04. The zero-order valence-corrected chi connectivity index (χ0v) is 34.4. The largest absolute Gasteiger partial charge is 0.457 e. The lowest BCUT2D eigenvalue weighted by molar-refractivity contribution is -0.126. The second-order valence-electron chi connectivity index (χ2n) is 15.0. The lowest BCUT2D eigenvalue weighted by Gasteiger charge is -2.22. The Morgan fingerprint density at radius 3 is 1.95 bits per heavy atom. The molecule has 0 bridgehead atoms. The van der Waals surface area contributed by atoms with Gasteiger partial charge in [0, 0.05) is 60.1 Å². The molecule has 0 fully saturated rings. The maximum absolute atomic E-state index is 12.7. The third-order valence-electron chi connectivity index (χ3n) is 10.6. The summed E-state index contributed by atoms with van der Waals surface area (Å²) >= 11 is 6.18. The Bertz CT molecular complexity index is 2630. The van der Waals surface area contributed by atoms with E-state index in [1.54, 1.807) is 6.07 Å². The van der Waals surface area contributed by atoms with Crippen molar-refractivity contribution in [3.8, 4) is 0 Å². The number of nitrogens with one attached hydrogen (secondary N) is 5. The van der Waals surface area contributed by atoms with Gasteiger partial charge in [0.2, 0.25) is 11.8 Å². The molecule has 8 rings (SSSR count). The molecule has 2 atom stereocenters. The van der Waals surface area contributed by atoms with E-state index in [1.165, 1.54) is 25.2 Å². The van der Waals surface area contributed by atoms with Gasteiger partial charge in [-0.05, 0) is 80.7 Å². The van der Waals surface area contributed by atoms with Crippen molar-refractivity contribution in [2.45, 2.75) is 58.0 Å². The van der Waals surface area contributed by atoms with Crippen molar-refractivity contribution in [2.24, 2.45) is 11.8 Å². The van der Waals surface area contributed by atoms with Gasteiger partial charge in [0.15, 0.2) is 0 Å². The van der Waals surface area contributed by atoms with Crippen molar-refractivity contribution >= 4 is 82.6 Å². The van der Waals surface area contributed by atoms with Gasteiger partial charge in [0.05, 0.1) is 27.8 Å². The Morgan fingerprint density at radius 2 is 1.36 bits per heavy atom. The van der Waals surface area contributed by atoms with Crippen LogP contribution in [0.5, 0.6) is 0 Å². The van der Waals surface area contributed by atoms with Crippen LogP contribution in [0.4, 0.5) is 11.5 Å². The third kappa shape index (κ3) is 9.58. The highest BCUT2D eigenvalue weighted by molar-refractivity contribution is 7.90. The van der Waals surface area contributed by atoms with Crippen molar-refractivity contribution in [1.82, 2.24) is 40.5 Å². The van der Waals surface area contributed by atoms with Crippen LogP contribution in [0.25, 0.3) is 22.1 Å². The van der Waals surface area contributed by atoms with Crippen molar-refractivity contribution < 1.29 is 36.0 Å². The number of aromatic nitrogens is 6. The Hall–Kier alpha value is -5.14. The second-order valence-corrected chi connectivity index (χ2v) is 19.9. The minimum absolute atomic E-state index is 0.0449. The summed E-state index contributed by atoms with van der Waals surface area (Å²) in [6.45, 7) is 0.958. The van der Waals surface area contributed by atoms with Crippen molar-refractivity contribution in [2.75, 3.05) is 42.4 Å². The number of halogens is 1. The lowest BCUT2D eigenvalue weighted by Crippen LogP contribution is -2.35. The maximum atomic E-state index is 12.7. The van der Waals surface area contributed by atoms with Gasteiger partial charge in [-0.15, -0.1) is 0 Å². The molecule has 2 unspecified atom stereocenters. The summed E-state index contributed by atoms with van der Waals surface area (Å²) < 4.78 is 49.9. The number of esters is 1. The summed E-state index contributed by atoms with van der Waals surface area (Å²) in [6, 6.07) is 5.42. The van der Waals surface area contributed by atoms with E-state index in [2.05, 4.69) is 45.9 Å². The van der Waals surface area contributed by atoms with Crippen molar-refractivity contribution in [3.05, 3.63) is 69.6 Å². The zero-order chi connectivity index (χ0) is 41.2. The molecule has 0 spiro atoms. The molecule has 2 amide bonds. The van der Waals surface area contributed by atoms with Gasteiger partial charge >= 0.3 is 5.97 Å². The number of hydrogen-bond acceptors (Lipinski definition) is 13. The molecule has 58 heavy (non-hydrogen) atoms. The molecule has 0 saturated heterocycles. The van der Waals surface area contributed by atoms with Gasteiger partial charge in [0.25, 0.3) is 0 Å². The molecule has 5 aromatic rings. The molecular weight excluding hydrogens is 810 g/mol. The second kappa shape index (κ2) is 17.0. The number of H-pyrrole nitrogens is 2. The first kappa shape index (κ1) is 41.0. The average molecular weight is 854 g/mol. The number of benzene rings is 1. The number of aromatic amines is 2. The topological polar surface area (TPSA) is 248 Å². The number of nitrogens with zero attached hydrogens (tertiary/aromatic N) is 4. The fourth-order valence-electron chi connectivity index (χ4n) is 7.71.